The molecule has 1 N–H and O–H groups in total. The van der Waals surface area contributed by atoms with Crippen molar-refractivity contribution in [2.45, 2.75) is 6.92 Å². The van der Waals surface area contributed by atoms with Crippen LogP contribution in [0.3, 0.4) is 0 Å². The maximum atomic E-state index is 13.2. The molecule has 98 valence electrons. The lowest BCUT2D eigenvalue weighted by Gasteiger charge is -2.10. The molecule has 0 saturated heterocycles. The molecule has 0 bridgehead atoms. The van der Waals surface area contributed by atoms with E-state index in [9.17, 15) is 14.0 Å². The van der Waals surface area contributed by atoms with Gasteiger partial charge < -0.3 is 9.67 Å². The molecule has 1 aromatic carbocycles. The van der Waals surface area contributed by atoms with Gasteiger partial charge in [-0.05, 0) is 42.3 Å². The second kappa shape index (κ2) is 4.68. The summed E-state index contributed by atoms with van der Waals surface area (Å²) in [7, 11) is 1.54. The average molecular weight is 261 g/mol. The van der Waals surface area contributed by atoms with E-state index in [-0.39, 0.29) is 11.4 Å². The Morgan fingerprint density at radius 2 is 1.95 bits per heavy atom. The number of hydrogen-bond acceptors (Lipinski definition) is 2. The van der Waals surface area contributed by atoms with Crippen molar-refractivity contribution >= 4 is 5.97 Å². The first-order valence-electron chi connectivity index (χ1n) is 5.61. The number of pyridine rings is 1. The van der Waals surface area contributed by atoms with Gasteiger partial charge in [-0.3, -0.25) is 4.79 Å². The monoisotopic (exact) mass is 261 g/mol. The Labute approximate surface area is 108 Å². The van der Waals surface area contributed by atoms with E-state index in [1.54, 1.807) is 20.0 Å². The molecule has 1 heterocycles. The number of aromatic carboxylic acids is 1. The lowest BCUT2D eigenvalue weighted by atomic mass is 10.1. The van der Waals surface area contributed by atoms with Crippen LogP contribution >= 0.6 is 0 Å². The topological polar surface area (TPSA) is 59.3 Å². The number of aryl methyl sites for hydroxylation is 1. The highest BCUT2D eigenvalue weighted by Crippen LogP contribution is 2.21. The largest absolute Gasteiger partial charge is 0.478 e. The van der Waals surface area contributed by atoms with Crippen molar-refractivity contribution in [2.24, 2.45) is 7.05 Å². The Bertz CT molecular complexity index is 719. The Balaban J connectivity index is 2.70. The van der Waals surface area contributed by atoms with E-state index in [2.05, 4.69) is 0 Å². The van der Waals surface area contributed by atoms with Crippen molar-refractivity contribution < 1.29 is 14.3 Å². The molecule has 4 nitrogen and oxygen atoms in total. The molecule has 0 amide bonds. The van der Waals surface area contributed by atoms with Gasteiger partial charge in [-0.15, -0.1) is 0 Å². The van der Waals surface area contributed by atoms with Gasteiger partial charge in [0, 0.05) is 13.1 Å². The zero-order valence-electron chi connectivity index (χ0n) is 10.5. The smallest absolute Gasteiger partial charge is 0.335 e. The molecule has 0 aliphatic rings. The van der Waals surface area contributed by atoms with Gasteiger partial charge in [0.2, 0.25) is 0 Å². The molecular weight excluding hydrogens is 249 g/mol. The van der Waals surface area contributed by atoms with E-state index >= 15 is 0 Å². The molecule has 5 heteroatoms. The summed E-state index contributed by atoms with van der Waals surface area (Å²) in [5, 5.41) is 8.96. The second-order valence-corrected chi connectivity index (χ2v) is 4.30. The summed E-state index contributed by atoms with van der Waals surface area (Å²) < 4.78 is 14.6. The van der Waals surface area contributed by atoms with Crippen molar-refractivity contribution in [1.82, 2.24) is 4.57 Å². The number of nitrogens with zero attached hydrogens (tertiary/aromatic N) is 1. The van der Waals surface area contributed by atoms with E-state index in [1.165, 1.54) is 22.8 Å². The van der Waals surface area contributed by atoms with Crippen LogP contribution in [0.1, 0.15) is 15.9 Å². The van der Waals surface area contributed by atoms with Gasteiger partial charge in [0.05, 0.1) is 11.3 Å². The number of carbonyl (C=O) groups is 1. The molecule has 0 unspecified atom stereocenters. The highest BCUT2D eigenvalue weighted by atomic mass is 19.1. The number of aromatic nitrogens is 1. The number of hydrogen-bond donors (Lipinski definition) is 1. The van der Waals surface area contributed by atoms with Gasteiger partial charge in [-0.1, -0.05) is 0 Å². The summed E-state index contributed by atoms with van der Waals surface area (Å²) in [6.07, 6.45) is 0. The third-order valence-corrected chi connectivity index (χ3v) is 2.96. The van der Waals surface area contributed by atoms with Crippen LogP contribution in [0.2, 0.25) is 0 Å². The third-order valence-electron chi connectivity index (χ3n) is 2.96. The van der Waals surface area contributed by atoms with Crippen LogP contribution in [0.4, 0.5) is 4.39 Å². The Kier molecular flexibility index (Phi) is 3.21. The molecule has 19 heavy (non-hydrogen) atoms. The van der Waals surface area contributed by atoms with Gasteiger partial charge in [0.1, 0.15) is 5.82 Å². The minimum atomic E-state index is -1.17. The molecule has 0 aliphatic carbocycles. The van der Waals surface area contributed by atoms with Crippen LogP contribution in [0.5, 0.6) is 0 Å². The fourth-order valence-corrected chi connectivity index (χ4v) is 1.84. The third kappa shape index (κ3) is 2.40. The number of carboxylic acid groups (broad SMARTS) is 1. The fourth-order valence-electron chi connectivity index (χ4n) is 1.84. The fraction of sp³-hybridized carbons (Fsp3) is 0.143. The first-order chi connectivity index (χ1) is 8.90. The first kappa shape index (κ1) is 13.0. The first-order valence-corrected chi connectivity index (χ1v) is 5.61. The maximum absolute atomic E-state index is 13.2. The van der Waals surface area contributed by atoms with Crippen molar-refractivity contribution in [3.05, 3.63) is 57.6 Å². The van der Waals surface area contributed by atoms with E-state index in [0.717, 1.165) is 6.07 Å². The molecule has 0 radical (unpaired) electrons. The van der Waals surface area contributed by atoms with Crippen molar-refractivity contribution in [2.75, 3.05) is 0 Å². The molecule has 0 fully saturated rings. The molecule has 0 saturated carbocycles. The highest BCUT2D eigenvalue weighted by Gasteiger charge is 2.11. The summed E-state index contributed by atoms with van der Waals surface area (Å²) in [5.41, 5.74) is 0.970. The van der Waals surface area contributed by atoms with Crippen LogP contribution in [0.15, 0.2) is 35.1 Å². The van der Waals surface area contributed by atoms with E-state index < -0.39 is 11.5 Å². The molecule has 0 aliphatic heterocycles. The standard InChI is InChI=1S/C14H12FNO3/c1-8-5-9(3-4-11(8)15)12-6-10(14(18)19)7-13(17)16(12)2/h3-7H,1-2H3,(H,18,19). The minimum Gasteiger partial charge on any atom is -0.478 e. The van der Waals surface area contributed by atoms with Crippen LogP contribution in [0, 0.1) is 12.7 Å². The highest BCUT2D eigenvalue weighted by molar-refractivity contribution is 5.88. The average Bonchev–Trinajstić information content (AvgIpc) is 2.35. The lowest BCUT2D eigenvalue weighted by Crippen LogP contribution is -2.19. The van der Waals surface area contributed by atoms with E-state index in [4.69, 9.17) is 5.11 Å². The molecule has 2 rings (SSSR count). The summed E-state index contributed by atoms with van der Waals surface area (Å²) in [4.78, 5) is 22.7. The molecule has 2 aromatic rings. The number of halogens is 1. The van der Waals surface area contributed by atoms with Crippen molar-refractivity contribution in [3.63, 3.8) is 0 Å². The molecular formula is C14H12FNO3. The van der Waals surface area contributed by atoms with Crippen LogP contribution in [-0.4, -0.2) is 15.6 Å². The molecule has 1 aromatic heterocycles. The quantitative estimate of drug-likeness (QED) is 0.901. The van der Waals surface area contributed by atoms with E-state index in [1.807, 2.05) is 0 Å². The predicted octanol–water partition coefficient (Wildman–Crippen LogP) is 2.20. The van der Waals surface area contributed by atoms with Crippen LogP contribution < -0.4 is 5.56 Å². The molecule has 0 atom stereocenters. The van der Waals surface area contributed by atoms with Crippen molar-refractivity contribution in [3.8, 4) is 11.3 Å². The summed E-state index contributed by atoms with van der Waals surface area (Å²) in [5.74, 6) is -1.51. The second-order valence-electron chi connectivity index (χ2n) is 4.30. The zero-order chi connectivity index (χ0) is 14.2. The number of rotatable bonds is 2. The number of benzene rings is 1. The molecule has 0 spiro atoms. The van der Waals surface area contributed by atoms with Crippen molar-refractivity contribution in [1.29, 1.82) is 0 Å². The van der Waals surface area contributed by atoms with Gasteiger partial charge in [-0.25, -0.2) is 9.18 Å². The Morgan fingerprint density at radius 3 is 2.53 bits per heavy atom. The SMILES string of the molecule is Cc1cc(-c2cc(C(=O)O)cc(=O)n2C)ccc1F. The maximum Gasteiger partial charge on any atom is 0.335 e. The Hall–Kier alpha value is -2.43. The van der Waals surface area contributed by atoms with Crippen LogP contribution in [0.25, 0.3) is 11.3 Å². The van der Waals surface area contributed by atoms with Crippen LogP contribution in [-0.2, 0) is 7.05 Å². The zero-order valence-corrected chi connectivity index (χ0v) is 10.5. The predicted molar refractivity (Wildman–Crippen MR) is 68.8 cm³/mol. The van der Waals surface area contributed by atoms with Gasteiger partial charge in [0.25, 0.3) is 5.56 Å². The minimum absolute atomic E-state index is 0.0833. The normalized spacial score (nSPS) is 10.5. The summed E-state index contributed by atoms with van der Waals surface area (Å²) >= 11 is 0. The summed E-state index contributed by atoms with van der Waals surface area (Å²) in [6, 6.07) is 6.85. The lowest BCUT2D eigenvalue weighted by molar-refractivity contribution is 0.0696. The Morgan fingerprint density at radius 1 is 1.26 bits per heavy atom. The summed E-state index contributed by atoms with van der Waals surface area (Å²) in [6.45, 7) is 1.61. The number of carboxylic acids is 1. The van der Waals surface area contributed by atoms with Gasteiger partial charge in [-0.2, -0.15) is 0 Å². The van der Waals surface area contributed by atoms with Gasteiger partial charge in [0.15, 0.2) is 0 Å². The van der Waals surface area contributed by atoms with E-state index in [0.29, 0.717) is 16.8 Å². The van der Waals surface area contributed by atoms with Gasteiger partial charge >= 0.3 is 5.97 Å².